The van der Waals surface area contributed by atoms with E-state index in [0.29, 0.717) is 4.88 Å². The van der Waals surface area contributed by atoms with Gasteiger partial charge in [0.1, 0.15) is 0 Å². The Morgan fingerprint density at radius 3 is 2.70 bits per heavy atom. The first-order chi connectivity index (χ1) is 11.1. The summed E-state index contributed by atoms with van der Waals surface area (Å²) in [6, 6.07) is 11.4. The van der Waals surface area contributed by atoms with Gasteiger partial charge in [-0.05, 0) is 29.7 Å². The van der Waals surface area contributed by atoms with Crippen molar-refractivity contribution in [1.82, 2.24) is 15.8 Å². The van der Waals surface area contributed by atoms with Crippen LogP contribution < -0.4 is 16.2 Å². The van der Waals surface area contributed by atoms with Crippen LogP contribution in [0.1, 0.15) is 9.67 Å². The second-order valence-electron chi connectivity index (χ2n) is 4.52. The zero-order chi connectivity index (χ0) is 16.2. The molecule has 3 N–H and O–H groups in total. The van der Waals surface area contributed by atoms with Crippen molar-refractivity contribution in [2.24, 2.45) is 0 Å². The van der Waals surface area contributed by atoms with Gasteiger partial charge in [0.25, 0.3) is 5.91 Å². The van der Waals surface area contributed by atoms with E-state index < -0.39 is 17.9 Å². The molecular formula is C15H11FN4O2S. The van der Waals surface area contributed by atoms with Crippen LogP contribution in [0.4, 0.5) is 14.9 Å². The molecule has 0 aliphatic heterocycles. The third-order valence-electron chi connectivity index (χ3n) is 2.95. The third kappa shape index (κ3) is 3.43. The van der Waals surface area contributed by atoms with E-state index in [1.165, 1.54) is 29.7 Å². The van der Waals surface area contributed by atoms with Crippen molar-refractivity contribution in [1.29, 1.82) is 0 Å². The van der Waals surface area contributed by atoms with E-state index in [-0.39, 0.29) is 5.69 Å². The fourth-order valence-corrected chi connectivity index (χ4v) is 2.86. The Bertz CT molecular complexity index is 848. The molecule has 0 fully saturated rings. The number of fused-ring (bicyclic) bond motifs is 1. The highest BCUT2D eigenvalue weighted by Gasteiger charge is 2.12. The number of pyridine rings is 1. The number of carbonyl (C=O) groups excluding carboxylic acids is 2. The maximum atomic E-state index is 13.3. The van der Waals surface area contributed by atoms with Gasteiger partial charge in [-0.1, -0.05) is 18.2 Å². The number of thiophene rings is 1. The van der Waals surface area contributed by atoms with Gasteiger partial charge in [-0.25, -0.2) is 15.2 Å². The lowest BCUT2D eigenvalue weighted by molar-refractivity contribution is 0.0942. The number of hydrogen-bond donors (Lipinski definition) is 3. The molecule has 8 heteroatoms. The monoisotopic (exact) mass is 330 g/mol. The number of carbonyl (C=O) groups is 2. The van der Waals surface area contributed by atoms with Crippen LogP contribution in [-0.4, -0.2) is 16.9 Å². The summed E-state index contributed by atoms with van der Waals surface area (Å²) in [7, 11) is 0. The average molecular weight is 330 g/mol. The highest BCUT2D eigenvalue weighted by molar-refractivity contribution is 7.20. The predicted octanol–water partition coefficient (Wildman–Crippen LogP) is 2.90. The van der Waals surface area contributed by atoms with Crippen LogP contribution in [0.25, 0.3) is 10.1 Å². The van der Waals surface area contributed by atoms with E-state index in [9.17, 15) is 14.0 Å². The Morgan fingerprint density at radius 1 is 1.09 bits per heavy atom. The molecule has 2 heterocycles. The van der Waals surface area contributed by atoms with Gasteiger partial charge >= 0.3 is 6.03 Å². The molecule has 0 bridgehead atoms. The van der Waals surface area contributed by atoms with Crippen LogP contribution in [0.5, 0.6) is 0 Å². The minimum atomic E-state index is -0.807. The number of amides is 3. The zero-order valence-corrected chi connectivity index (χ0v) is 12.5. The topological polar surface area (TPSA) is 83.1 Å². The SMILES string of the molecule is O=C(NNC(=O)c1cc2ccccc2s1)Nc1cccnc1F. The molecule has 0 spiro atoms. The number of nitrogens with one attached hydrogen (secondary N) is 3. The van der Waals surface area contributed by atoms with Gasteiger partial charge in [0.05, 0.1) is 10.6 Å². The first kappa shape index (κ1) is 14.9. The molecule has 3 aromatic rings. The van der Waals surface area contributed by atoms with Crippen LogP contribution in [0.2, 0.25) is 0 Å². The molecule has 0 radical (unpaired) electrons. The fourth-order valence-electron chi connectivity index (χ4n) is 1.90. The molecule has 0 aliphatic carbocycles. The van der Waals surface area contributed by atoms with Gasteiger partial charge in [0, 0.05) is 10.9 Å². The molecule has 0 aliphatic rings. The molecule has 2 aromatic heterocycles. The van der Waals surface area contributed by atoms with Crippen molar-refractivity contribution in [2.75, 3.05) is 5.32 Å². The maximum absolute atomic E-state index is 13.3. The first-order valence-electron chi connectivity index (χ1n) is 6.60. The van der Waals surface area contributed by atoms with Crippen molar-refractivity contribution >= 4 is 39.0 Å². The molecule has 0 saturated carbocycles. The van der Waals surface area contributed by atoms with Gasteiger partial charge in [-0.15, -0.1) is 11.3 Å². The summed E-state index contributed by atoms with van der Waals surface area (Å²) in [6.45, 7) is 0. The number of hydrazine groups is 1. The molecule has 3 rings (SSSR count). The minimum absolute atomic E-state index is 0.0823. The van der Waals surface area contributed by atoms with E-state index in [2.05, 4.69) is 21.2 Å². The Morgan fingerprint density at radius 2 is 1.91 bits per heavy atom. The summed E-state index contributed by atoms with van der Waals surface area (Å²) in [5.74, 6) is -1.26. The Kier molecular flexibility index (Phi) is 4.15. The van der Waals surface area contributed by atoms with Gasteiger partial charge in [-0.2, -0.15) is 4.39 Å². The fraction of sp³-hybridized carbons (Fsp3) is 0. The molecule has 0 saturated heterocycles. The van der Waals surface area contributed by atoms with E-state index in [1.54, 1.807) is 6.07 Å². The summed E-state index contributed by atoms with van der Waals surface area (Å²) in [5, 5.41) is 3.19. The lowest BCUT2D eigenvalue weighted by atomic mass is 10.2. The maximum Gasteiger partial charge on any atom is 0.338 e. The van der Waals surface area contributed by atoms with Gasteiger partial charge < -0.3 is 5.32 Å². The zero-order valence-electron chi connectivity index (χ0n) is 11.7. The van der Waals surface area contributed by atoms with Crippen LogP contribution >= 0.6 is 11.3 Å². The first-order valence-corrected chi connectivity index (χ1v) is 7.41. The standard InChI is InChI=1S/C15H11FN4O2S/c16-13-10(5-3-7-17-13)18-15(22)20-19-14(21)12-8-9-4-1-2-6-11(9)23-12/h1-8H,(H,19,21)(H2,18,20,22). The van der Waals surface area contributed by atoms with Crippen molar-refractivity contribution in [3.8, 4) is 0 Å². The normalized spacial score (nSPS) is 10.3. The Hall–Kier alpha value is -3.00. The Balaban J connectivity index is 1.60. The van der Waals surface area contributed by atoms with Gasteiger partial charge in [-0.3, -0.25) is 10.2 Å². The summed E-state index contributed by atoms with van der Waals surface area (Å²) in [5.41, 5.74) is 4.35. The lowest BCUT2D eigenvalue weighted by Crippen LogP contribution is -2.43. The second-order valence-corrected chi connectivity index (χ2v) is 5.61. The Labute approximate surface area is 134 Å². The van der Waals surface area contributed by atoms with Crippen LogP contribution in [0.15, 0.2) is 48.7 Å². The van der Waals surface area contributed by atoms with Crippen LogP contribution in [-0.2, 0) is 0 Å². The molecule has 0 unspecified atom stereocenters. The number of anilines is 1. The predicted molar refractivity (Wildman–Crippen MR) is 85.6 cm³/mol. The highest BCUT2D eigenvalue weighted by atomic mass is 32.1. The minimum Gasteiger partial charge on any atom is -0.302 e. The van der Waals surface area contributed by atoms with E-state index in [1.807, 2.05) is 24.3 Å². The number of hydrogen-bond acceptors (Lipinski definition) is 4. The summed E-state index contributed by atoms with van der Waals surface area (Å²) in [6.07, 6.45) is 1.27. The molecule has 116 valence electrons. The third-order valence-corrected chi connectivity index (χ3v) is 4.06. The van der Waals surface area contributed by atoms with E-state index >= 15 is 0 Å². The second kappa shape index (κ2) is 6.41. The van der Waals surface area contributed by atoms with Crippen molar-refractivity contribution in [3.63, 3.8) is 0 Å². The van der Waals surface area contributed by atoms with Crippen molar-refractivity contribution in [2.45, 2.75) is 0 Å². The average Bonchev–Trinajstić information content (AvgIpc) is 2.99. The van der Waals surface area contributed by atoms with E-state index in [4.69, 9.17) is 0 Å². The van der Waals surface area contributed by atoms with Crippen molar-refractivity contribution < 1.29 is 14.0 Å². The number of benzene rings is 1. The van der Waals surface area contributed by atoms with Crippen LogP contribution in [0, 0.1) is 5.95 Å². The molecule has 3 amide bonds. The van der Waals surface area contributed by atoms with Gasteiger partial charge in [0.2, 0.25) is 5.95 Å². The highest BCUT2D eigenvalue weighted by Crippen LogP contribution is 2.24. The summed E-state index contributed by atoms with van der Waals surface area (Å²) < 4.78 is 14.3. The molecular weight excluding hydrogens is 319 g/mol. The molecule has 6 nitrogen and oxygen atoms in total. The summed E-state index contributed by atoms with van der Waals surface area (Å²) >= 11 is 1.31. The summed E-state index contributed by atoms with van der Waals surface area (Å²) in [4.78, 5) is 27.5. The quantitative estimate of drug-likeness (QED) is 0.499. The number of urea groups is 1. The molecule has 1 aromatic carbocycles. The smallest absolute Gasteiger partial charge is 0.302 e. The van der Waals surface area contributed by atoms with E-state index in [0.717, 1.165) is 10.1 Å². The number of rotatable bonds is 2. The van der Waals surface area contributed by atoms with Gasteiger partial charge in [0.15, 0.2) is 0 Å². The van der Waals surface area contributed by atoms with Crippen molar-refractivity contribution in [3.05, 3.63) is 59.5 Å². The van der Waals surface area contributed by atoms with Crippen LogP contribution in [0.3, 0.4) is 0 Å². The molecule has 0 atom stereocenters. The molecule has 23 heavy (non-hydrogen) atoms. The largest absolute Gasteiger partial charge is 0.338 e. The number of aromatic nitrogens is 1. The number of nitrogens with zero attached hydrogens (tertiary/aromatic N) is 1. The lowest BCUT2D eigenvalue weighted by Gasteiger charge is -2.08. The number of halogens is 1.